The predicted octanol–water partition coefficient (Wildman–Crippen LogP) is 1.54. The van der Waals surface area contributed by atoms with Crippen LogP contribution in [0.25, 0.3) is 0 Å². The molecule has 0 aliphatic heterocycles. The van der Waals surface area contributed by atoms with Crippen LogP contribution in [0.3, 0.4) is 0 Å². The molecular weight excluding hydrogens is 294 g/mol. The Morgan fingerprint density at radius 1 is 1.13 bits per heavy atom. The molecule has 23 heavy (non-hydrogen) atoms. The molecule has 1 heterocycles. The molecule has 0 unspecified atom stereocenters. The summed E-state index contributed by atoms with van der Waals surface area (Å²) in [5, 5.41) is 0. The van der Waals surface area contributed by atoms with Crippen LogP contribution in [0.1, 0.15) is 31.1 Å². The van der Waals surface area contributed by atoms with E-state index < -0.39 is 16.9 Å². The van der Waals surface area contributed by atoms with Crippen molar-refractivity contribution in [2.24, 2.45) is 7.05 Å². The lowest BCUT2D eigenvalue weighted by Gasteiger charge is -2.28. The SMILES string of the molecule is C=C(C)C(C)(C)n1c(=O)n(C)c(=O)n1CC(=O)c1ccccc1. The van der Waals surface area contributed by atoms with Gasteiger partial charge in [0.15, 0.2) is 5.78 Å². The fourth-order valence-electron chi connectivity index (χ4n) is 2.30. The molecule has 0 saturated heterocycles. The molecule has 1 aromatic heterocycles. The maximum atomic E-state index is 12.4. The molecule has 2 aromatic rings. The average Bonchev–Trinajstić information content (AvgIpc) is 2.72. The third-order valence-corrected chi connectivity index (χ3v) is 4.18. The number of Topliss-reactive ketones (excluding diaryl/α,β-unsaturated/α-hetero) is 1. The second-order valence-electron chi connectivity index (χ2n) is 6.12. The molecular formula is C17H21N3O3. The van der Waals surface area contributed by atoms with Crippen molar-refractivity contribution in [2.45, 2.75) is 32.9 Å². The Bertz CT molecular complexity index is 867. The lowest BCUT2D eigenvalue weighted by molar-refractivity contribution is 0.0953. The predicted molar refractivity (Wildman–Crippen MR) is 88.8 cm³/mol. The topological polar surface area (TPSA) is 66.0 Å². The van der Waals surface area contributed by atoms with E-state index in [1.54, 1.807) is 45.0 Å². The Labute approximate surface area is 134 Å². The summed E-state index contributed by atoms with van der Waals surface area (Å²) in [4.78, 5) is 37.2. The monoisotopic (exact) mass is 315 g/mol. The number of allylic oxidation sites excluding steroid dienone is 1. The number of carbonyl (C=O) groups excluding carboxylic acids is 1. The Morgan fingerprint density at radius 3 is 2.22 bits per heavy atom. The van der Waals surface area contributed by atoms with Crippen molar-refractivity contribution in [3.05, 3.63) is 69.0 Å². The standard InChI is InChI=1S/C17H21N3O3/c1-12(2)17(3,4)20-16(23)18(5)15(22)19(20)11-14(21)13-9-7-6-8-10-13/h6-10H,1,11H2,2-5H3. The van der Waals surface area contributed by atoms with Crippen LogP contribution >= 0.6 is 0 Å². The zero-order valence-corrected chi connectivity index (χ0v) is 13.9. The van der Waals surface area contributed by atoms with Crippen LogP contribution < -0.4 is 11.4 Å². The van der Waals surface area contributed by atoms with Gasteiger partial charge in [-0.1, -0.05) is 42.5 Å². The van der Waals surface area contributed by atoms with E-state index in [0.29, 0.717) is 11.1 Å². The van der Waals surface area contributed by atoms with Crippen molar-refractivity contribution >= 4 is 5.78 Å². The quantitative estimate of drug-likeness (QED) is 0.621. The molecule has 0 aliphatic carbocycles. The summed E-state index contributed by atoms with van der Waals surface area (Å²) >= 11 is 0. The van der Waals surface area contributed by atoms with Crippen LogP contribution in [0.2, 0.25) is 0 Å². The summed E-state index contributed by atoms with van der Waals surface area (Å²) in [5.74, 6) is -0.232. The molecule has 6 heteroatoms. The summed E-state index contributed by atoms with van der Waals surface area (Å²) < 4.78 is 3.49. The van der Waals surface area contributed by atoms with Gasteiger partial charge in [-0.2, -0.15) is 0 Å². The molecule has 1 aromatic carbocycles. The van der Waals surface area contributed by atoms with Gasteiger partial charge in [0.2, 0.25) is 0 Å². The summed E-state index contributed by atoms with van der Waals surface area (Å²) in [7, 11) is 1.40. The third kappa shape index (κ3) is 2.84. The van der Waals surface area contributed by atoms with Crippen molar-refractivity contribution in [1.29, 1.82) is 0 Å². The highest BCUT2D eigenvalue weighted by Gasteiger charge is 2.29. The first kappa shape index (κ1) is 16.7. The van der Waals surface area contributed by atoms with Gasteiger partial charge in [0.25, 0.3) is 0 Å². The van der Waals surface area contributed by atoms with E-state index >= 15 is 0 Å². The van der Waals surface area contributed by atoms with Crippen molar-refractivity contribution in [2.75, 3.05) is 0 Å². The second-order valence-corrected chi connectivity index (χ2v) is 6.12. The molecule has 0 aliphatic rings. The van der Waals surface area contributed by atoms with Crippen molar-refractivity contribution < 1.29 is 4.79 Å². The number of hydrogen-bond acceptors (Lipinski definition) is 3. The van der Waals surface area contributed by atoms with E-state index in [9.17, 15) is 14.4 Å². The van der Waals surface area contributed by atoms with Gasteiger partial charge in [-0.25, -0.2) is 23.5 Å². The molecule has 122 valence electrons. The first-order valence-electron chi connectivity index (χ1n) is 7.31. The van der Waals surface area contributed by atoms with Gasteiger partial charge < -0.3 is 0 Å². The smallest absolute Gasteiger partial charge is 0.292 e. The van der Waals surface area contributed by atoms with Gasteiger partial charge in [-0.3, -0.25) is 4.79 Å². The number of nitrogens with zero attached hydrogens (tertiary/aromatic N) is 3. The molecule has 6 nitrogen and oxygen atoms in total. The normalized spacial score (nSPS) is 11.5. The summed E-state index contributed by atoms with van der Waals surface area (Å²) in [6.07, 6.45) is 0. The number of ketones is 1. The summed E-state index contributed by atoms with van der Waals surface area (Å²) in [6.45, 7) is 9.06. The van der Waals surface area contributed by atoms with Crippen LogP contribution in [-0.4, -0.2) is 19.7 Å². The Hall–Kier alpha value is -2.63. The average molecular weight is 315 g/mol. The van der Waals surface area contributed by atoms with E-state index in [1.807, 2.05) is 6.07 Å². The second kappa shape index (κ2) is 5.87. The molecule has 0 radical (unpaired) electrons. The van der Waals surface area contributed by atoms with Gasteiger partial charge in [0.1, 0.15) is 6.54 Å². The van der Waals surface area contributed by atoms with E-state index in [2.05, 4.69) is 6.58 Å². The molecule has 0 fully saturated rings. The van der Waals surface area contributed by atoms with E-state index in [-0.39, 0.29) is 12.3 Å². The largest absolute Gasteiger partial charge is 0.347 e. The highest BCUT2D eigenvalue weighted by atomic mass is 16.2. The molecule has 2 rings (SSSR count). The van der Waals surface area contributed by atoms with Crippen molar-refractivity contribution in [1.82, 2.24) is 13.9 Å². The number of aromatic nitrogens is 3. The van der Waals surface area contributed by atoms with Crippen molar-refractivity contribution in [3.8, 4) is 0 Å². The minimum absolute atomic E-state index is 0.199. The number of benzene rings is 1. The molecule has 0 spiro atoms. The molecule has 0 atom stereocenters. The van der Waals surface area contributed by atoms with Gasteiger partial charge >= 0.3 is 11.4 Å². The molecule has 0 amide bonds. The highest BCUT2D eigenvalue weighted by molar-refractivity contribution is 5.95. The van der Waals surface area contributed by atoms with Crippen LogP contribution in [-0.2, 0) is 19.1 Å². The zero-order valence-electron chi connectivity index (χ0n) is 13.9. The van der Waals surface area contributed by atoms with Gasteiger partial charge in [-0.15, -0.1) is 0 Å². The number of carbonyl (C=O) groups is 1. The van der Waals surface area contributed by atoms with Crippen LogP contribution in [0.4, 0.5) is 0 Å². The molecule has 0 bridgehead atoms. The third-order valence-electron chi connectivity index (χ3n) is 4.18. The first-order valence-corrected chi connectivity index (χ1v) is 7.31. The van der Waals surface area contributed by atoms with E-state index in [0.717, 1.165) is 4.57 Å². The van der Waals surface area contributed by atoms with Gasteiger partial charge in [0, 0.05) is 12.6 Å². The summed E-state index contributed by atoms with van der Waals surface area (Å²) in [5.41, 5.74) is -0.562. The maximum absolute atomic E-state index is 12.4. The van der Waals surface area contributed by atoms with Gasteiger partial charge in [0.05, 0.1) is 5.54 Å². The van der Waals surface area contributed by atoms with E-state index in [4.69, 9.17) is 0 Å². The van der Waals surface area contributed by atoms with Crippen LogP contribution in [0, 0.1) is 0 Å². The maximum Gasteiger partial charge on any atom is 0.347 e. The van der Waals surface area contributed by atoms with Crippen LogP contribution in [0.5, 0.6) is 0 Å². The zero-order chi connectivity index (χ0) is 17.4. The minimum Gasteiger partial charge on any atom is -0.292 e. The number of rotatable bonds is 5. The Balaban J connectivity index is 2.58. The lowest BCUT2D eigenvalue weighted by atomic mass is 9.97. The van der Waals surface area contributed by atoms with Gasteiger partial charge in [-0.05, 0) is 20.8 Å². The Morgan fingerprint density at radius 2 is 1.70 bits per heavy atom. The first-order chi connectivity index (χ1) is 10.7. The molecule has 0 saturated carbocycles. The highest BCUT2D eigenvalue weighted by Crippen LogP contribution is 2.21. The fraction of sp³-hybridized carbons (Fsp3) is 0.353. The van der Waals surface area contributed by atoms with Crippen molar-refractivity contribution in [3.63, 3.8) is 0 Å². The lowest BCUT2D eigenvalue weighted by Crippen LogP contribution is -2.42. The minimum atomic E-state index is -0.783. The number of hydrogen-bond donors (Lipinski definition) is 0. The Kier molecular flexibility index (Phi) is 4.27. The molecule has 0 N–H and O–H groups in total. The van der Waals surface area contributed by atoms with E-state index in [1.165, 1.54) is 16.4 Å². The fourth-order valence-corrected chi connectivity index (χ4v) is 2.30. The van der Waals surface area contributed by atoms with Crippen LogP contribution in [0.15, 0.2) is 52.1 Å². The summed E-state index contributed by atoms with van der Waals surface area (Å²) in [6, 6.07) is 8.69.